The molecule has 0 aliphatic heterocycles. The Kier molecular flexibility index (Phi) is 74.6. The maximum Gasteiger partial charge on any atom is 0.266 e. The first-order chi connectivity index (χ1) is 31.8. The molecular formula is C47H66BI5N6O6Y-2. The summed E-state index contributed by atoms with van der Waals surface area (Å²) >= 11 is 8.85. The summed E-state index contributed by atoms with van der Waals surface area (Å²) in [5.41, 5.74) is 5.14. The average Bonchev–Trinajstić information content (AvgIpc) is 3.38. The molecule has 0 saturated carbocycles. The topological polar surface area (TPSA) is 179 Å². The Balaban J connectivity index is -0.000000141. The number of hydrogen-bond donors (Lipinski definition) is 5. The summed E-state index contributed by atoms with van der Waals surface area (Å²) in [7, 11) is 0. The number of carbonyl (C=O) groups is 2. The quantitative estimate of drug-likeness (QED) is 0.0473. The summed E-state index contributed by atoms with van der Waals surface area (Å²) < 4.78 is 5.75. The fourth-order valence-electron chi connectivity index (χ4n) is 3.61. The van der Waals surface area contributed by atoms with Crippen LogP contribution in [0, 0.1) is 6.07 Å². The molecular weight excluding hydrogens is 1480 g/mol. The van der Waals surface area contributed by atoms with Crippen LogP contribution in [0.3, 0.4) is 0 Å². The van der Waals surface area contributed by atoms with Gasteiger partial charge in [-0.05, 0) is 36.4 Å². The maximum absolute atomic E-state index is 12.4. The molecule has 2 heterocycles. The van der Waals surface area contributed by atoms with Gasteiger partial charge >= 0.3 is 40.8 Å². The number of H-pyrrole nitrogens is 2. The molecule has 0 fully saturated rings. The zero-order valence-corrected chi connectivity index (χ0v) is 53.8. The van der Waals surface area contributed by atoms with Gasteiger partial charge in [-0.3, -0.25) is 14.4 Å². The van der Waals surface area contributed by atoms with Crippen LogP contribution in [0.2, 0.25) is 0 Å². The molecule has 0 atom stereocenters. The number of rotatable bonds is 6. The van der Waals surface area contributed by atoms with E-state index in [1.54, 1.807) is 107 Å². The molecule has 2 aromatic heterocycles. The van der Waals surface area contributed by atoms with E-state index >= 15 is 0 Å². The fourth-order valence-corrected chi connectivity index (χ4v) is 3.61. The third-order valence-corrected chi connectivity index (χ3v) is 5.66. The summed E-state index contributed by atoms with van der Waals surface area (Å²) in [6.45, 7) is 24.0. The molecule has 0 aliphatic rings. The van der Waals surface area contributed by atoms with Crippen molar-refractivity contribution in [1.82, 2.24) is 20.4 Å². The summed E-state index contributed by atoms with van der Waals surface area (Å²) in [6.07, 6.45) is 2.72. The summed E-state index contributed by atoms with van der Waals surface area (Å²) in [6, 6.07) is 36.8. The number of ether oxygens (including phenoxy) is 1. The van der Waals surface area contributed by atoms with Crippen LogP contribution in [0.25, 0.3) is 0 Å². The number of halogens is 5. The van der Waals surface area contributed by atoms with Crippen molar-refractivity contribution in [2.75, 3.05) is 15.6 Å². The predicted molar refractivity (Wildman–Crippen MR) is 308 cm³/mol. The van der Waals surface area contributed by atoms with Gasteiger partial charge in [0.2, 0.25) is 0 Å². The minimum absolute atomic E-state index is 0. The molecule has 6 rings (SSSR count). The van der Waals surface area contributed by atoms with Gasteiger partial charge in [0.15, 0.2) is 11.6 Å². The van der Waals surface area contributed by atoms with E-state index < -0.39 is 5.56 Å². The van der Waals surface area contributed by atoms with Gasteiger partial charge in [0.05, 0.1) is 29.3 Å². The van der Waals surface area contributed by atoms with Gasteiger partial charge in [-0.1, -0.05) is 137 Å². The van der Waals surface area contributed by atoms with E-state index in [1.165, 1.54) is 24.5 Å². The number of hydrogen-bond acceptors (Lipinski definition) is 8. The number of benzene rings is 4. The number of amides is 2. The molecule has 5 N–H and O–H groups in total. The zero-order valence-electron chi connectivity index (χ0n) is 40.1. The normalized spacial score (nSPS) is 7.83. The van der Waals surface area contributed by atoms with E-state index in [9.17, 15) is 19.2 Å². The second kappa shape index (κ2) is 63.0. The number of phenols is 1. The number of aromatic hydroxyl groups is 1. The second-order valence-electron chi connectivity index (χ2n) is 9.24. The molecule has 0 bridgehead atoms. The molecule has 0 aliphatic carbocycles. The van der Waals surface area contributed by atoms with E-state index in [4.69, 9.17) is 9.84 Å². The Morgan fingerprint density at radius 3 is 1.39 bits per heavy atom. The predicted octanol–water partition coefficient (Wildman–Crippen LogP) is 11.5. The number of aromatic amines is 2. The Morgan fingerprint density at radius 1 is 0.636 bits per heavy atom. The molecule has 19 heteroatoms. The van der Waals surface area contributed by atoms with Gasteiger partial charge in [0.1, 0.15) is 17.2 Å². The van der Waals surface area contributed by atoms with Crippen LogP contribution < -0.4 is 43.7 Å². The van der Waals surface area contributed by atoms with Gasteiger partial charge in [-0.2, -0.15) is 32.6 Å². The average molecular weight is 1550 g/mol. The van der Waals surface area contributed by atoms with E-state index in [-0.39, 0.29) is 50.1 Å². The minimum Gasteiger partial charge on any atom is -0.508 e. The fraction of sp³-hybridized carbons (Fsp3) is 0.277. The number of anilines is 2. The summed E-state index contributed by atoms with van der Waals surface area (Å²) in [5.74, 6) is 0.666. The molecule has 12 nitrogen and oxygen atoms in total. The van der Waals surface area contributed by atoms with Crippen molar-refractivity contribution < 1.29 is 69.4 Å². The Bertz CT molecular complexity index is 2030. The summed E-state index contributed by atoms with van der Waals surface area (Å²) in [5, 5.41) is 25.5. The number of para-hydroxylation sites is 3. The van der Waals surface area contributed by atoms with Gasteiger partial charge < -0.3 is 25.3 Å². The van der Waals surface area contributed by atoms with Crippen molar-refractivity contribution in [2.45, 2.75) is 83.1 Å². The van der Waals surface area contributed by atoms with E-state index in [2.05, 4.69) is 104 Å². The number of carbonyl (C=O) groups excluding carboxylic acids is 2. The molecule has 2 amide bonds. The first kappa shape index (κ1) is 78.2. The third-order valence-electron chi connectivity index (χ3n) is 5.66. The third kappa shape index (κ3) is 43.3. The maximum atomic E-state index is 12.4. The van der Waals surface area contributed by atoms with Gasteiger partial charge in [-0.15, -0.1) is 30.3 Å². The first-order valence-electron chi connectivity index (χ1n) is 20.5. The van der Waals surface area contributed by atoms with Crippen molar-refractivity contribution in [3.05, 3.63) is 172 Å². The van der Waals surface area contributed by atoms with Gasteiger partial charge in [0, 0.05) is 82.1 Å². The number of alkyl halides is 1. The van der Waals surface area contributed by atoms with Crippen LogP contribution in [0.5, 0.6) is 17.2 Å². The van der Waals surface area contributed by atoms with Crippen molar-refractivity contribution in [3.8, 4) is 17.2 Å². The second-order valence-corrected chi connectivity index (χ2v) is 15.5. The SMILES string of the molecule is CC.CC.CC.CC.CC.CC.C[I-]I.II.O=C(Nc1cn[nH]c(=O)c1)c1[c-]cccc1.O=C(Nc1cn[nH]c(=O)c1)c1ccccc1Oc1ccccc1.Oc1ccccc1.[B]I.[Y]. The first-order valence-corrected chi connectivity index (χ1v) is 36.5. The standard InChI is InChI=1S/C17H13N3O3.C11H8N3O2.C6H6O.6C2H6.CH3I2.BI.I2.Y/c21-16-10-12(11-18-20-16)19-17(22)14-8-4-5-9-15(14)23-13-6-2-1-3-7-13;15-10-6-9(7-12-14-10)13-11(16)8-4-2-1-3-5-8;7-6-4-2-1-3-5-6;6*1-2;1-3-2;2*1-2;/h1-11H,(H2,19,20,21,22);1-4,6-7H,(H2,13,14,15,16);1-5,7H;6*1-2H3;1H3;;;/q;-1;;;;;;;;-1;;;. The number of nitrogens with zero attached hydrogens (tertiary/aromatic N) is 2. The molecule has 4 aromatic carbocycles. The molecule has 0 spiro atoms. The number of nitrogens with one attached hydrogen (secondary N) is 4. The Labute approximate surface area is 477 Å². The van der Waals surface area contributed by atoms with Crippen molar-refractivity contribution >= 4 is 107 Å². The Hall–Kier alpha value is -2.00. The van der Waals surface area contributed by atoms with Gasteiger partial charge in [-0.25, -0.2) is 10.2 Å². The van der Waals surface area contributed by atoms with Gasteiger partial charge in [0.25, 0.3) is 17.0 Å². The van der Waals surface area contributed by atoms with Crippen molar-refractivity contribution in [3.63, 3.8) is 0 Å². The monoisotopic (exact) mass is 1540 g/mol. The van der Waals surface area contributed by atoms with Crippen LogP contribution in [-0.2, 0) is 32.7 Å². The molecule has 363 valence electrons. The van der Waals surface area contributed by atoms with Crippen LogP contribution >= 0.6 is 78.2 Å². The van der Waals surface area contributed by atoms with E-state index in [0.29, 0.717) is 57.0 Å². The van der Waals surface area contributed by atoms with E-state index in [1.807, 2.05) is 107 Å². The van der Waals surface area contributed by atoms with Crippen LogP contribution in [0.15, 0.2) is 143 Å². The summed E-state index contributed by atoms with van der Waals surface area (Å²) in [4.78, 5) is 48.4. The van der Waals surface area contributed by atoms with Crippen LogP contribution in [0.4, 0.5) is 11.4 Å². The zero-order chi connectivity index (χ0) is 51.3. The molecule has 0 saturated heterocycles. The largest absolute Gasteiger partial charge is 0.508 e. The van der Waals surface area contributed by atoms with Crippen LogP contribution in [0.1, 0.15) is 104 Å². The minimum atomic E-state index is -0.392. The molecule has 3 radical (unpaired) electrons. The van der Waals surface area contributed by atoms with Crippen molar-refractivity contribution in [1.29, 1.82) is 0 Å². The van der Waals surface area contributed by atoms with Crippen LogP contribution in [-0.4, -0.2) is 47.9 Å². The number of phenolic OH excluding ortho intramolecular Hbond substituents is 1. The van der Waals surface area contributed by atoms with E-state index in [0.717, 1.165) is 0 Å². The van der Waals surface area contributed by atoms with Crippen molar-refractivity contribution in [2.24, 2.45) is 0 Å². The Morgan fingerprint density at radius 2 is 1.02 bits per heavy atom. The molecule has 66 heavy (non-hydrogen) atoms. The molecule has 6 aromatic rings. The smallest absolute Gasteiger partial charge is 0.266 e. The molecule has 0 unspecified atom stereocenters. The number of aromatic nitrogens is 4.